The first kappa shape index (κ1) is 13.3. The smallest absolute Gasteiger partial charge is 0.168 e. The fourth-order valence-corrected chi connectivity index (χ4v) is 2.53. The van der Waals surface area contributed by atoms with Crippen molar-refractivity contribution in [3.8, 4) is 5.75 Å². The fourth-order valence-electron chi connectivity index (χ4n) is 1.49. The Morgan fingerprint density at radius 1 is 1.33 bits per heavy atom. The van der Waals surface area contributed by atoms with Gasteiger partial charge in [0.05, 0.1) is 24.4 Å². The summed E-state index contributed by atoms with van der Waals surface area (Å²) in [5, 5.41) is 0.974. The highest BCUT2D eigenvalue weighted by atomic mass is 35.5. The van der Waals surface area contributed by atoms with E-state index < -0.39 is 0 Å². The van der Waals surface area contributed by atoms with Crippen LogP contribution in [0.25, 0.3) is 0 Å². The summed E-state index contributed by atoms with van der Waals surface area (Å²) in [7, 11) is 1.98. The van der Waals surface area contributed by atoms with Gasteiger partial charge in [0, 0.05) is 12.8 Å². The Balaban J connectivity index is 1.77. The van der Waals surface area contributed by atoms with Crippen LogP contribution in [0.2, 0.25) is 0 Å². The predicted octanol–water partition coefficient (Wildman–Crippen LogP) is 3.33. The second kappa shape index (κ2) is 6.71. The van der Waals surface area contributed by atoms with Crippen molar-refractivity contribution in [1.29, 1.82) is 0 Å². The lowest BCUT2D eigenvalue weighted by Crippen LogP contribution is -2.02. The maximum atomic E-state index is 5.79. The van der Waals surface area contributed by atoms with Crippen LogP contribution >= 0.6 is 23.4 Å². The molecule has 2 aromatic rings. The van der Waals surface area contributed by atoms with Crippen LogP contribution in [0.1, 0.15) is 5.69 Å². The molecule has 18 heavy (non-hydrogen) atoms. The highest BCUT2D eigenvalue weighted by molar-refractivity contribution is 7.99. The first-order chi connectivity index (χ1) is 8.81. The Bertz CT molecular complexity index is 487. The molecule has 0 aliphatic rings. The van der Waals surface area contributed by atoms with Gasteiger partial charge in [-0.15, -0.1) is 11.6 Å². The summed E-state index contributed by atoms with van der Waals surface area (Å²) in [6, 6.07) is 9.82. The molecule has 1 aromatic carbocycles. The lowest BCUT2D eigenvalue weighted by Gasteiger charge is -2.06. The molecule has 0 amide bonds. The van der Waals surface area contributed by atoms with Gasteiger partial charge < -0.3 is 9.30 Å². The van der Waals surface area contributed by atoms with Crippen LogP contribution in [0.15, 0.2) is 41.7 Å². The van der Waals surface area contributed by atoms with Gasteiger partial charge in [0.25, 0.3) is 0 Å². The molecule has 0 aliphatic heterocycles. The van der Waals surface area contributed by atoms with E-state index in [-0.39, 0.29) is 0 Å². The maximum absolute atomic E-state index is 5.79. The number of hydrogen-bond donors (Lipinski definition) is 0. The number of imidazole rings is 1. The minimum atomic E-state index is 0.491. The quantitative estimate of drug-likeness (QED) is 0.462. The van der Waals surface area contributed by atoms with Crippen molar-refractivity contribution in [3.05, 3.63) is 42.2 Å². The molecule has 5 heteroatoms. The third kappa shape index (κ3) is 3.43. The van der Waals surface area contributed by atoms with E-state index in [0.717, 1.165) is 22.4 Å². The molecule has 0 bridgehead atoms. The molecule has 1 heterocycles. The number of aromatic nitrogens is 2. The molecule has 96 valence electrons. The molecule has 1 aromatic heterocycles. The zero-order valence-corrected chi connectivity index (χ0v) is 11.7. The zero-order chi connectivity index (χ0) is 12.8. The molecule has 0 spiro atoms. The van der Waals surface area contributed by atoms with Gasteiger partial charge in [-0.1, -0.05) is 30.0 Å². The number of para-hydroxylation sites is 1. The number of thioether (sulfide) groups is 1. The summed E-state index contributed by atoms with van der Waals surface area (Å²) in [4.78, 5) is 4.32. The molecular weight excluding hydrogens is 268 g/mol. The highest BCUT2D eigenvalue weighted by Gasteiger charge is 2.05. The number of nitrogens with zero attached hydrogens (tertiary/aromatic N) is 2. The van der Waals surface area contributed by atoms with Crippen molar-refractivity contribution in [3.63, 3.8) is 0 Å². The first-order valence-corrected chi connectivity index (χ1v) is 7.20. The zero-order valence-electron chi connectivity index (χ0n) is 10.2. The van der Waals surface area contributed by atoms with E-state index in [4.69, 9.17) is 16.3 Å². The van der Waals surface area contributed by atoms with E-state index in [1.165, 1.54) is 0 Å². The minimum absolute atomic E-state index is 0.491. The van der Waals surface area contributed by atoms with Crippen LogP contribution < -0.4 is 4.74 Å². The second-order valence-corrected chi connectivity index (χ2v) is 5.06. The number of benzene rings is 1. The van der Waals surface area contributed by atoms with Crippen molar-refractivity contribution in [1.82, 2.24) is 9.55 Å². The fraction of sp³-hybridized carbons (Fsp3) is 0.308. The average molecular weight is 283 g/mol. The van der Waals surface area contributed by atoms with Gasteiger partial charge in [0.2, 0.25) is 0 Å². The lowest BCUT2D eigenvalue weighted by molar-refractivity contribution is 0.344. The van der Waals surface area contributed by atoms with Gasteiger partial charge in [-0.25, -0.2) is 4.98 Å². The van der Waals surface area contributed by atoms with Gasteiger partial charge in [-0.05, 0) is 12.1 Å². The van der Waals surface area contributed by atoms with E-state index in [0.29, 0.717) is 12.5 Å². The Labute approximate surface area is 116 Å². The van der Waals surface area contributed by atoms with E-state index in [2.05, 4.69) is 4.98 Å². The minimum Gasteiger partial charge on any atom is -0.493 e. The third-order valence-electron chi connectivity index (χ3n) is 2.51. The summed E-state index contributed by atoms with van der Waals surface area (Å²) < 4.78 is 7.63. The molecule has 0 fully saturated rings. The summed E-state index contributed by atoms with van der Waals surface area (Å²) in [5.41, 5.74) is 1.03. The van der Waals surface area contributed by atoms with Crippen molar-refractivity contribution in [2.45, 2.75) is 11.0 Å². The number of hydrogen-bond acceptors (Lipinski definition) is 3. The molecule has 0 saturated heterocycles. The van der Waals surface area contributed by atoms with Gasteiger partial charge in [-0.2, -0.15) is 0 Å². The Morgan fingerprint density at radius 3 is 2.78 bits per heavy atom. The van der Waals surface area contributed by atoms with E-state index >= 15 is 0 Å². The monoisotopic (exact) mass is 282 g/mol. The summed E-state index contributed by atoms with van der Waals surface area (Å²) in [6.07, 6.45) is 1.81. The van der Waals surface area contributed by atoms with Gasteiger partial charge in [0.1, 0.15) is 5.75 Å². The summed E-state index contributed by atoms with van der Waals surface area (Å²) >= 11 is 7.46. The maximum Gasteiger partial charge on any atom is 0.168 e. The number of halogens is 1. The Hall–Kier alpha value is -1.13. The van der Waals surface area contributed by atoms with Gasteiger partial charge in [0.15, 0.2) is 5.16 Å². The number of alkyl halides is 1. The molecule has 0 aliphatic carbocycles. The summed E-state index contributed by atoms with van der Waals surface area (Å²) in [5.74, 6) is 2.26. The Morgan fingerprint density at radius 2 is 2.11 bits per heavy atom. The number of rotatable bonds is 6. The molecule has 2 rings (SSSR count). The Kier molecular flexibility index (Phi) is 4.96. The molecule has 3 nitrogen and oxygen atoms in total. The van der Waals surface area contributed by atoms with E-state index in [1.54, 1.807) is 11.8 Å². The molecule has 0 N–H and O–H groups in total. The standard InChI is InChI=1S/C13H15ClN2OS/c1-16-11(9-14)10-15-13(16)18-8-7-17-12-5-3-2-4-6-12/h2-6,10H,7-9H2,1H3. The van der Waals surface area contributed by atoms with Crippen LogP contribution in [0, 0.1) is 0 Å². The molecule has 0 saturated carbocycles. The molecule has 0 unspecified atom stereocenters. The van der Waals surface area contributed by atoms with Crippen LogP contribution in [-0.4, -0.2) is 21.9 Å². The van der Waals surface area contributed by atoms with Crippen LogP contribution in [0.3, 0.4) is 0 Å². The van der Waals surface area contributed by atoms with Crippen LogP contribution in [-0.2, 0) is 12.9 Å². The molecule has 0 atom stereocenters. The van der Waals surface area contributed by atoms with Crippen molar-refractivity contribution in [2.75, 3.05) is 12.4 Å². The lowest BCUT2D eigenvalue weighted by atomic mass is 10.3. The van der Waals surface area contributed by atoms with Gasteiger partial charge >= 0.3 is 0 Å². The van der Waals surface area contributed by atoms with Gasteiger partial charge in [-0.3, -0.25) is 0 Å². The van der Waals surface area contributed by atoms with Crippen LogP contribution in [0.4, 0.5) is 0 Å². The predicted molar refractivity (Wildman–Crippen MR) is 75.4 cm³/mol. The van der Waals surface area contributed by atoms with Crippen LogP contribution in [0.5, 0.6) is 5.75 Å². The van der Waals surface area contributed by atoms with E-state index in [9.17, 15) is 0 Å². The van der Waals surface area contributed by atoms with Crippen molar-refractivity contribution in [2.24, 2.45) is 7.05 Å². The highest BCUT2D eigenvalue weighted by Crippen LogP contribution is 2.18. The second-order valence-electron chi connectivity index (χ2n) is 3.73. The summed E-state index contributed by atoms with van der Waals surface area (Å²) in [6.45, 7) is 0.664. The van der Waals surface area contributed by atoms with E-state index in [1.807, 2.05) is 48.1 Å². The van der Waals surface area contributed by atoms with Crippen molar-refractivity contribution >= 4 is 23.4 Å². The largest absolute Gasteiger partial charge is 0.493 e. The third-order valence-corrected chi connectivity index (χ3v) is 3.79. The molecular formula is C13H15ClN2OS. The average Bonchev–Trinajstić information content (AvgIpc) is 2.77. The van der Waals surface area contributed by atoms with Crippen molar-refractivity contribution < 1.29 is 4.74 Å². The topological polar surface area (TPSA) is 27.1 Å². The SMILES string of the molecule is Cn1c(CCl)cnc1SCCOc1ccccc1. The first-order valence-electron chi connectivity index (χ1n) is 5.68. The molecule has 0 radical (unpaired) electrons. The number of ether oxygens (including phenoxy) is 1. The normalized spacial score (nSPS) is 10.6.